The third-order valence-corrected chi connectivity index (χ3v) is 5.53. The summed E-state index contributed by atoms with van der Waals surface area (Å²) in [5.74, 6) is 0.957. The number of hydrogen-bond acceptors (Lipinski definition) is 4. The highest BCUT2D eigenvalue weighted by molar-refractivity contribution is 7.14. The van der Waals surface area contributed by atoms with E-state index in [4.69, 9.17) is 4.74 Å². The Balaban J connectivity index is 1.55. The molecule has 0 saturated heterocycles. The Hall–Kier alpha value is -2.66. The van der Waals surface area contributed by atoms with Crippen LogP contribution in [0.3, 0.4) is 0 Å². The molecular weight excluding hydrogens is 380 g/mol. The van der Waals surface area contributed by atoms with Gasteiger partial charge in [-0.1, -0.05) is 57.5 Å². The molecule has 0 aliphatic heterocycles. The highest BCUT2D eigenvalue weighted by atomic mass is 32.1. The quantitative estimate of drug-likeness (QED) is 0.482. The van der Waals surface area contributed by atoms with Crippen LogP contribution in [0.4, 0.5) is 5.13 Å². The number of ether oxygens (including phenoxy) is 1. The van der Waals surface area contributed by atoms with Gasteiger partial charge in [-0.25, -0.2) is 4.98 Å². The molecule has 152 valence electrons. The fourth-order valence-corrected chi connectivity index (χ4v) is 4.02. The lowest BCUT2D eigenvalue weighted by Gasteiger charge is -2.12. The molecular formula is C24H28N2O2S. The number of carbonyl (C=O) groups excluding carboxylic acids is 1. The van der Waals surface area contributed by atoms with Gasteiger partial charge in [0.05, 0.1) is 5.69 Å². The average Bonchev–Trinajstić information content (AvgIpc) is 3.15. The zero-order chi connectivity index (χ0) is 20.8. The maximum absolute atomic E-state index is 12.2. The predicted octanol–water partition coefficient (Wildman–Crippen LogP) is 6.21. The lowest BCUT2D eigenvalue weighted by Crippen LogP contribution is -2.20. The van der Waals surface area contributed by atoms with Crippen LogP contribution < -0.4 is 10.1 Å². The van der Waals surface area contributed by atoms with Crippen molar-refractivity contribution in [2.24, 2.45) is 0 Å². The molecule has 0 spiro atoms. The number of benzene rings is 2. The second-order valence-electron chi connectivity index (χ2n) is 7.49. The fourth-order valence-electron chi connectivity index (χ4n) is 3.28. The Labute approximate surface area is 177 Å². The second kappa shape index (κ2) is 9.70. The Morgan fingerprint density at radius 2 is 1.93 bits per heavy atom. The number of anilines is 1. The molecule has 0 saturated carbocycles. The largest absolute Gasteiger partial charge is 0.484 e. The molecule has 4 nitrogen and oxygen atoms in total. The van der Waals surface area contributed by atoms with Crippen LogP contribution in [0, 0.1) is 6.92 Å². The van der Waals surface area contributed by atoms with E-state index in [2.05, 4.69) is 68.3 Å². The maximum Gasteiger partial charge on any atom is 0.264 e. The molecule has 2 aromatic carbocycles. The first-order chi connectivity index (χ1) is 14.0. The molecule has 0 aliphatic rings. The van der Waals surface area contributed by atoms with Gasteiger partial charge in [0, 0.05) is 10.9 Å². The predicted molar refractivity (Wildman–Crippen MR) is 121 cm³/mol. The summed E-state index contributed by atoms with van der Waals surface area (Å²) in [6.45, 7) is 8.53. The van der Waals surface area contributed by atoms with E-state index in [9.17, 15) is 4.79 Å². The zero-order valence-electron chi connectivity index (χ0n) is 17.5. The van der Waals surface area contributed by atoms with E-state index >= 15 is 0 Å². The van der Waals surface area contributed by atoms with Crippen molar-refractivity contribution in [3.05, 3.63) is 64.5 Å². The van der Waals surface area contributed by atoms with Crippen molar-refractivity contribution < 1.29 is 9.53 Å². The lowest BCUT2D eigenvalue weighted by molar-refractivity contribution is -0.118. The standard InChI is InChI=1S/C24H28N2O2S/c1-5-6-18-7-9-19(10-8-18)22-15-29-24(25-22)26-23(27)14-28-20-11-12-21(16(2)3)17(4)13-20/h7-13,15-16H,5-6,14H2,1-4H3,(H,25,26,27). The first-order valence-corrected chi connectivity index (χ1v) is 10.9. The molecule has 0 aliphatic carbocycles. The smallest absolute Gasteiger partial charge is 0.264 e. The Morgan fingerprint density at radius 1 is 1.17 bits per heavy atom. The Morgan fingerprint density at radius 3 is 2.59 bits per heavy atom. The van der Waals surface area contributed by atoms with Crippen LogP contribution in [-0.2, 0) is 11.2 Å². The van der Waals surface area contributed by atoms with E-state index in [-0.39, 0.29) is 12.5 Å². The first-order valence-electron chi connectivity index (χ1n) is 10.0. The summed E-state index contributed by atoms with van der Waals surface area (Å²) in [4.78, 5) is 16.8. The number of aryl methyl sites for hydroxylation is 2. The molecule has 1 aromatic heterocycles. The van der Waals surface area contributed by atoms with Crippen molar-refractivity contribution in [3.63, 3.8) is 0 Å². The van der Waals surface area contributed by atoms with Crippen LogP contribution >= 0.6 is 11.3 Å². The van der Waals surface area contributed by atoms with Crippen molar-refractivity contribution in [1.82, 2.24) is 4.98 Å². The van der Waals surface area contributed by atoms with E-state index in [1.54, 1.807) is 0 Å². The first kappa shape index (κ1) is 21.1. The Kier molecular flexibility index (Phi) is 7.04. The molecule has 3 rings (SSSR count). The maximum atomic E-state index is 12.2. The van der Waals surface area contributed by atoms with Crippen LogP contribution in [0.15, 0.2) is 47.8 Å². The average molecular weight is 409 g/mol. The molecule has 0 atom stereocenters. The van der Waals surface area contributed by atoms with Gasteiger partial charge < -0.3 is 4.74 Å². The van der Waals surface area contributed by atoms with Gasteiger partial charge in [0.25, 0.3) is 5.91 Å². The van der Waals surface area contributed by atoms with Gasteiger partial charge in [0.15, 0.2) is 11.7 Å². The number of rotatable bonds is 8. The minimum Gasteiger partial charge on any atom is -0.484 e. The molecule has 0 bridgehead atoms. The van der Waals surface area contributed by atoms with Gasteiger partial charge in [-0.2, -0.15) is 0 Å². The summed E-state index contributed by atoms with van der Waals surface area (Å²) in [6.07, 6.45) is 2.22. The highest BCUT2D eigenvalue weighted by Crippen LogP contribution is 2.26. The van der Waals surface area contributed by atoms with Gasteiger partial charge in [0.2, 0.25) is 0 Å². The number of nitrogens with one attached hydrogen (secondary N) is 1. The van der Waals surface area contributed by atoms with Crippen LogP contribution in [0.1, 0.15) is 49.8 Å². The fraction of sp³-hybridized carbons (Fsp3) is 0.333. The molecule has 3 aromatic rings. The van der Waals surface area contributed by atoms with E-state index in [0.29, 0.717) is 16.8 Å². The summed E-state index contributed by atoms with van der Waals surface area (Å²) in [7, 11) is 0. The minimum atomic E-state index is -0.213. The third kappa shape index (κ3) is 5.67. The minimum absolute atomic E-state index is 0.0406. The van der Waals surface area contributed by atoms with Crippen molar-refractivity contribution in [2.45, 2.75) is 46.5 Å². The summed E-state index contributed by atoms with van der Waals surface area (Å²) in [5.41, 5.74) is 5.72. The van der Waals surface area contributed by atoms with Crippen molar-refractivity contribution in [1.29, 1.82) is 0 Å². The van der Waals surface area contributed by atoms with E-state index in [1.165, 1.54) is 28.0 Å². The number of hydrogen-bond donors (Lipinski definition) is 1. The molecule has 29 heavy (non-hydrogen) atoms. The number of carbonyl (C=O) groups is 1. The van der Waals surface area contributed by atoms with Crippen LogP contribution in [0.2, 0.25) is 0 Å². The molecule has 0 unspecified atom stereocenters. The number of aromatic nitrogens is 1. The third-order valence-electron chi connectivity index (χ3n) is 4.77. The molecule has 0 radical (unpaired) electrons. The van der Waals surface area contributed by atoms with E-state index in [1.807, 2.05) is 17.5 Å². The van der Waals surface area contributed by atoms with Gasteiger partial charge in [-0.05, 0) is 48.1 Å². The van der Waals surface area contributed by atoms with E-state index in [0.717, 1.165) is 24.1 Å². The van der Waals surface area contributed by atoms with Crippen LogP contribution in [0.5, 0.6) is 5.75 Å². The van der Waals surface area contributed by atoms with E-state index < -0.39 is 0 Å². The lowest BCUT2D eigenvalue weighted by atomic mass is 9.98. The number of nitrogens with zero attached hydrogens (tertiary/aromatic N) is 1. The topological polar surface area (TPSA) is 51.2 Å². The highest BCUT2D eigenvalue weighted by Gasteiger charge is 2.10. The second-order valence-corrected chi connectivity index (χ2v) is 8.35. The van der Waals surface area contributed by atoms with Crippen LogP contribution in [-0.4, -0.2) is 17.5 Å². The van der Waals surface area contributed by atoms with Gasteiger partial charge in [-0.15, -0.1) is 11.3 Å². The van der Waals surface area contributed by atoms with Crippen molar-refractivity contribution >= 4 is 22.4 Å². The SMILES string of the molecule is CCCc1ccc(-c2csc(NC(=O)COc3ccc(C(C)C)c(C)c3)n2)cc1. The molecule has 1 amide bonds. The van der Waals surface area contributed by atoms with Crippen molar-refractivity contribution in [3.8, 4) is 17.0 Å². The summed E-state index contributed by atoms with van der Waals surface area (Å²) >= 11 is 1.42. The summed E-state index contributed by atoms with van der Waals surface area (Å²) in [6, 6.07) is 14.4. The van der Waals surface area contributed by atoms with Gasteiger partial charge in [-0.3, -0.25) is 10.1 Å². The molecule has 1 heterocycles. The number of thiazole rings is 1. The Bertz CT molecular complexity index is 961. The normalized spacial score (nSPS) is 10.9. The monoisotopic (exact) mass is 408 g/mol. The molecule has 1 N–H and O–H groups in total. The summed E-state index contributed by atoms with van der Waals surface area (Å²) in [5, 5.41) is 5.36. The summed E-state index contributed by atoms with van der Waals surface area (Å²) < 4.78 is 5.65. The van der Waals surface area contributed by atoms with Gasteiger partial charge in [0.1, 0.15) is 5.75 Å². The van der Waals surface area contributed by atoms with Crippen molar-refractivity contribution in [2.75, 3.05) is 11.9 Å². The molecule has 5 heteroatoms. The van der Waals surface area contributed by atoms with Gasteiger partial charge >= 0.3 is 0 Å². The number of amides is 1. The zero-order valence-corrected chi connectivity index (χ0v) is 18.3. The van der Waals surface area contributed by atoms with Crippen LogP contribution in [0.25, 0.3) is 11.3 Å². The molecule has 0 fully saturated rings.